The lowest BCUT2D eigenvalue weighted by atomic mass is 9.96. The number of H-pyrrole nitrogens is 2. The minimum atomic E-state index is -0.255. The van der Waals surface area contributed by atoms with Gasteiger partial charge in [0.05, 0.1) is 6.10 Å². The number of aromatic nitrogens is 2. The second-order valence-corrected chi connectivity index (χ2v) is 11.2. The van der Waals surface area contributed by atoms with Crippen LogP contribution >= 0.6 is 0 Å². The number of aliphatic hydroxyl groups is 1. The van der Waals surface area contributed by atoms with Crippen molar-refractivity contribution in [1.29, 1.82) is 0 Å². The highest BCUT2D eigenvalue weighted by Crippen LogP contribution is 2.23. The Morgan fingerprint density at radius 3 is 1.82 bits per heavy atom. The zero-order valence-electron chi connectivity index (χ0n) is 22.6. The number of ketones is 1. The van der Waals surface area contributed by atoms with E-state index < -0.39 is 0 Å². The van der Waals surface area contributed by atoms with Gasteiger partial charge in [-0.1, -0.05) is 0 Å². The van der Waals surface area contributed by atoms with Crippen LogP contribution in [0, 0.1) is 0 Å². The summed E-state index contributed by atoms with van der Waals surface area (Å²) in [5, 5.41) is 9.67. The van der Waals surface area contributed by atoms with Crippen LogP contribution in [0.25, 0.3) is 0 Å². The Kier molecular flexibility index (Phi) is 8.01. The van der Waals surface area contributed by atoms with Crippen LogP contribution in [0.1, 0.15) is 56.3 Å². The average molecular weight is 525 g/mol. The van der Waals surface area contributed by atoms with Crippen molar-refractivity contribution in [2.75, 3.05) is 66.5 Å². The SMILES string of the molecule is CN1CCN(C(=O)c2cc3c([nH]2)CCC(=O)C3)CC1.CN1CCN(C(=O)c2cc3c([nH]2)CCC(O)C3)CC1. The molecule has 2 fully saturated rings. The van der Waals surface area contributed by atoms with Crippen molar-refractivity contribution >= 4 is 17.6 Å². The number of piperazine rings is 2. The molecule has 4 aliphatic rings. The van der Waals surface area contributed by atoms with Gasteiger partial charge in [-0.25, -0.2) is 0 Å². The van der Waals surface area contributed by atoms with Crippen molar-refractivity contribution in [3.8, 4) is 0 Å². The lowest BCUT2D eigenvalue weighted by Crippen LogP contribution is -2.47. The number of aromatic amines is 2. The summed E-state index contributed by atoms with van der Waals surface area (Å²) in [7, 11) is 4.15. The number of hydrogen-bond acceptors (Lipinski definition) is 6. The molecule has 0 aromatic carbocycles. The summed E-state index contributed by atoms with van der Waals surface area (Å²) in [5.74, 6) is 0.428. The highest BCUT2D eigenvalue weighted by Gasteiger charge is 2.26. The average Bonchev–Trinajstić information content (AvgIpc) is 3.53. The van der Waals surface area contributed by atoms with Crippen molar-refractivity contribution in [3.05, 3.63) is 46.0 Å². The predicted octanol–water partition coefficient (Wildman–Crippen LogP) is 0.712. The lowest BCUT2D eigenvalue weighted by molar-refractivity contribution is -0.118. The van der Waals surface area contributed by atoms with Gasteiger partial charge in [0.15, 0.2) is 0 Å². The third-order valence-corrected chi connectivity index (χ3v) is 8.25. The maximum Gasteiger partial charge on any atom is 0.270 e. The topological polar surface area (TPSA) is 116 Å². The number of amides is 2. The lowest BCUT2D eigenvalue weighted by Gasteiger charge is -2.32. The molecule has 2 aliphatic carbocycles. The molecule has 0 radical (unpaired) electrons. The molecule has 206 valence electrons. The number of aliphatic hydroxyl groups excluding tert-OH is 1. The number of rotatable bonds is 2. The first-order valence-corrected chi connectivity index (χ1v) is 13.8. The summed E-state index contributed by atoms with van der Waals surface area (Å²) in [6.07, 6.45) is 3.85. The number of fused-ring (bicyclic) bond motifs is 2. The maximum atomic E-state index is 12.4. The van der Waals surface area contributed by atoms with Crippen LogP contribution in [0.5, 0.6) is 0 Å². The summed E-state index contributed by atoms with van der Waals surface area (Å²) in [6.45, 7) is 6.85. The van der Waals surface area contributed by atoms with Gasteiger partial charge in [-0.3, -0.25) is 14.4 Å². The highest BCUT2D eigenvalue weighted by atomic mass is 16.3. The fourth-order valence-electron chi connectivity index (χ4n) is 5.69. The molecular weight excluding hydrogens is 484 g/mol. The van der Waals surface area contributed by atoms with Gasteiger partial charge in [0, 0.05) is 83.0 Å². The summed E-state index contributed by atoms with van der Waals surface area (Å²) >= 11 is 0. The quantitative estimate of drug-likeness (QED) is 0.533. The molecule has 0 saturated carbocycles. The molecule has 2 saturated heterocycles. The standard InChI is InChI=1S/C14H21N3O2.C14H19N3O2/c2*1-16-4-6-17(7-5-16)14(19)13-9-10-8-11(18)2-3-12(10)15-13/h9,11,15,18H,2-8H2,1H3;9,15H,2-8H2,1H3. The Morgan fingerprint density at radius 2 is 1.26 bits per heavy atom. The van der Waals surface area contributed by atoms with Gasteiger partial charge in [0.1, 0.15) is 17.2 Å². The predicted molar refractivity (Wildman–Crippen MR) is 143 cm³/mol. The normalized spacial score (nSPS) is 22.4. The molecule has 1 atom stereocenters. The highest BCUT2D eigenvalue weighted by molar-refractivity contribution is 5.94. The van der Waals surface area contributed by atoms with Crippen molar-refractivity contribution in [1.82, 2.24) is 29.6 Å². The van der Waals surface area contributed by atoms with Crippen LogP contribution in [0.4, 0.5) is 0 Å². The molecule has 2 aromatic heterocycles. The number of hydrogen-bond donors (Lipinski definition) is 3. The van der Waals surface area contributed by atoms with Gasteiger partial charge in [0.25, 0.3) is 11.8 Å². The molecule has 10 nitrogen and oxygen atoms in total. The van der Waals surface area contributed by atoms with Gasteiger partial charge in [-0.2, -0.15) is 0 Å². The molecular formula is C28H40N6O4. The van der Waals surface area contributed by atoms with E-state index in [2.05, 4.69) is 33.9 Å². The second-order valence-electron chi connectivity index (χ2n) is 11.2. The van der Waals surface area contributed by atoms with E-state index in [1.165, 1.54) is 0 Å². The molecule has 4 heterocycles. The van der Waals surface area contributed by atoms with Crippen LogP contribution in [0.2, 0.25) is 0 Å². The van der Waals surface area contributed by atoms with Crippen LogP contribution in [-0.2, 0) is 30.5 Å². The number of Topliss-reactive ketones (excluding diaryl/α,β-unsaturated/α-hetero) is 1. The van der Waals surface area contributed by atoms with Crippen molar-refractivity contribution in [2.24, 2.45) is 0 Å². The van der Waals surface area contributed by atoms with Gasteiger partial charge >= 0.3 is 0 Å². The van der Waals surface area contributed by atoms with Crippen LogP contribution in [0.3, 0.4) is 0 Å². The third-order valence-electron chi connectivity index (χ3n) is 8.25. The molecule has 2 amide bonds. The van der Waals surface area contributed by atoms with Gasteiger partial charge in [-0.15, -0.1) is 0 Å². The molecule has 3 N–H and O–H groups in total. The van der Waals surface area contributed by atoms with E-state index in [1.807, 2.05) is 21.9 Å². The van der Waals surface area contributed by atoms with Crippen LogP contribution < -0.4 is 0 Å². The van der Waals surface area contributed by atoms with Gasteiger partial charge < -0.3 is 34.7 Å². The first kappa shape index (κ1) is 26.6. The second kappa shape index (κ2) is 11.4. The number of carbonyl (C=O) groups excluding carboxylic acids is 3. The fraction of sp³-hybridized carbons (Fsp3) is 0.607. The number of aryl methyl sites for hydroxylation is 2. The number of nitrogens with one attached hydrogen (secondary N) is 2. The first-order chi connectivity index (χ1) is 18.3. The van der Waals surface area contributed by atoms with Crippen molar-refractivity contribution < 1.29 is 19.5 Å². The molecule has 1 unspecified atom stereocenters. The minimum absolute atomic E-state index is 0.0648. The van der Waals surface area contributed by atoms with Crippen LogP contribution in [0.15, 0.2) is 12.1 Å². The summed E-state index contributed by atoms with van der Waals surface area (Å²) in [6, 6.07) is 3.80. The Hall–Kier alpha value is -2.95. The Labute approximate surface area is 224 Å². The molecule has 2 aliphatic heterocycles. The van der Waals surface area contributed by atoms with Gasteiger partial charge in [0.2, 0.25) is 0 Å². The first-order valence-electron chi connectivity index (χ1n) is 13.8. The van der Waals surface area contributed by atoms with E-state index in [4.69, 9.17) is 0 Å². The monoisotopic (exact) mass is 524 g/mol. The maximum absolute atomic E-state index is 12.4. The molecule has 0 spiro atoms. The number of nitrogens with zero attached hydrogens (tertiary/aromatic N) is 4. The Morgan fingerprint density at radius 1 is 0.763 bits per heavy atom. The molecule has 10 heteroatoms. The summed E-state index contributed by atoms with van der Waals surface area (Å²) in [5.41, 5.74) is 5.64. The molecule has 2 aromatic rings. The largest absolute Gasteiger partial charge is 0.393 e. The minimum Gasteiger partial charge on any atom is -0.393 e. The van der Waals surface area contributed by atoms with E-state index in [1.54, 1.807) is 0 Å². The zero-order valence-corrected chi connectivity index (χ0v) is 22.6. The molecule has 38 heavy (non-hydrogen) atoms. The summed E-state index contributed by atoms with van der Waals surface area (Å²) in [4.78, 5) is 51.0. The van der Waals surface area contributed by atoms with Gasteiger partial charge in [-0.05, 0) is 56.6 Å². The van der Waals surface area contributed by atoms with E-state index >= 15 is 0 Å². The van der Waals surface area contributed by atoms with Crippen molar-refractivity contribution in [3.63, 3.8) is 0 Å². The third kappa shape index (κ3) is 6.03. The van der Waals surface area contributed by atoms with E-state index in [0.29, 0.717) is 30.7 Å². The Balaban J connectivity index is 0.000000155. The summed E-state index contributed by atoms with van der Waals surface area (Å²) < 4.78 is 0. The number of likely N-dealkylation sites (N-methyl/N-ethyl adjacent to an activating group) is 2. The van der Waals surface area contributed by atoms with Crippen molar-refractivity contribution in [2.45, 2.75) is 44.6 Å². The zero-order chi connectivity index (χ0) is 26.8. The van der Waals surface area contributed by atoms with Crippen LogP contribution in [-0.4, -0.2) is 125 Å². The fourth-order valence-corrected chi connectivity index (χ4v) is 5.69. The Bertz CT molecular complexity index is 1170. The van der Waals surface area contributed by atoms with E-state index in [-0.39, 0.29) is 23.7 Å². The van der Waals surface area contributed by atoms with E-state index in [0.717, 1.165) is 94.1 Å². The van der Waals surface area contributed by atoms with E-state index in [9.17, 15) is 19.5 Å². The molecule has 6 rings (SSSR count). The smallest absolute Gasteiger partial charge is 0.270 e. The number of carbonyl (C=O) groups is 3. The molecule has 0 bridgehead atoms.